The lowest BCUT2D eigenvalue weighted by molar-refractivity contribution is -0.137. The molecule has 3 unspecified atom stereocenters. The van der Waals surface area contributed by atoms with Gasteiger partial charge in [0, 0.05) is 72.4 Å². The summed E-state index contributed by atoms with van der Waals surface area (Å²) in [6, 6.07) is 2.84. The summed E-state index contributed by atoms with van der Waals surface area (Å²) in [7, 11) is -9.06. The molecular weight excluding hydrogens is 748 g/mol. The molecule has 14 nitrogen and oxygen atoms in total. The Morgan fingerprint density at radius 3 is 1.40 bits per heavy atom. The Hall–Kier alpha value is -1.64. The van der Waals surface area contributed by atoms with Crippen LogP contribution in [0.3, 0.4) is 0 Å². The van der Waals surface area contributed by atoms with Gasteiger partial charge in [0.25, 0.3) is 0 Å². The second-order valence-electron chi connectivity index (χ2n) is 12.9. The molecule has 0 aliphatic carbocycles. The fourth-order valence-corrected chi connectivity index (χ4v) is 10.7. The number of alkyl halides is 3. The lowest BCUT2D eigenvalue weighted by Gasteiger charge is -2.35. The molecule has 52 heavy (non-hydrogen) atoms. The standard InChI is InChI=1S/C32H57F3N5O9P3/c1-8-46-31(42)27-12-13-29(28(22-27)32(33,34)35)36-30(41)23-37-14-16-38(24-50(5,43)47-9-2)18-20-40(26-52(7,45)49-11-4)21-19-39(17-15-37)25-51(6,44)48-10-3/h12-13,22H,8-11,14-21,23-26H2,1-7H3,(H,36,41). The number of ether oxygens (including phenoxy) is 1. The molecule has 1 saturated heterocycles. The van der Waals surface area contributed by atoms with Crippen LogP contribution in [0, 0.1) is 0 Å². The van der Waals surface area contributed by atoms with Crippen LogP contribution in [0.4, 0.5) is 18.9 Å². The second kappa shape index (κ2) is 21.5. The summed E-state index contributed by atoms with van der Waals surface area (Å²) in [6.45, 7) is 14.9. The molecule has 1 amide bonds. The number of carbonyl (C=O) groups excluding carboxylic acids is 2. The average molecular weight is 806 g/mol. The van der Waals surface area contributed by atoms with Gasteiger partial charge in [-0.1, -0.05) is 0 Å². The molecule has 1 aromatic rings. The van der Waals surface area contributed by atoms with Crippen LogP contribution in [-0.2, 0) is 43.0 Å². The number of nitrogens with zero attached hydrogens (tertiary/aromatic N) is 4. The van der Waals surface area contributed by atoms with Crippen molar-refractivity contribution in [3.8, 4) is 0 Å². The largest absolute Gasteiger partial charge is 0.462 e. The fourth-order valence-electron chi connectivity index (χ4n) is 5.81. The zero-order valence-corrected chi connectivity index (χ0v) is 34.2. The van der Waals surface area contributed by atoms with Crippen molar-refractivity contribution in [2.75, 3.05) is 129 Å². The number of benzene rings is 1. The summed E-state index contributed by atoms with van der Waals surface area (Å²) in [4.78, 5) is 33.2. The quantitative estimate of drug-likeness (QED) is 0.151. The number of carbonyl (C=O) groups is 2. The summed E-state index contributed by atoms with van der Waals surface area (Å²) in [5.74, 6) is -1.63. The minimum atomic E-state index is -4.87. The summed E-state index contributed by atoms with van der Waals surface area (Å²) >= 11 is 0. The van der Waals surface area contributed by atoms with Gasteiger partial charge in [0.2, 0.25) is 28.0 Å². The zero-order valence-electron chi connectivity index (χ0n) is 31.5. The molecule has 0 aromatic heterocycles. The third-order valence-electron chi connectivity index (χ3n) is 7.98. The predicted octanol–water partition coefficient (Wildman–Crippen LogP) is 5.75. The molecular formula is C32H57F3N5O9P3. The molecule has 1 aromatic carbocycles. The summed E-state index contributed by atoms with van der Waals surface area (Å²) in [5, 5.41) is 2.37. The molecule has 0 saturated carbocycles. The number of anilines is 1. The van der Waals surface area contributed by atoms with Crippen molar-refractivity contribution in [1.82, 2.24) is 19.6 Å². The van der Waals surface area contributed by atoms with E-state index in [2.05, 4.69) is 5.32 Å². The Kier molecular flexibility index (Phi) is 19.2. The topological polar surface area (TPSA) is 147 Å². The first-order valence-electron chi connectivity index (χ1n) is 17.4. The van der Waals surface area contributed by atoms with E-state index in [1.807, 2.05) is 14.7 Å². The number of halogens is 3. The highest BCUT2D eigenvalue weighted by Crippen LogP contribution is 2.45. The maximum Gasteiger partial charge on any atom is 0.418 e. The second-order valence-corrected chi connectivity index (χ2v) is 20.6. The number of nitrogens with one attached hydrogen (secondary N) is 1. The highest BCUT2D eigenvalue weighted by molar-refractivity contribution is 7.58. The van der Waals surface area contributed by atoms with E-state index in [0.717, 1.165) is 12.1 Å². The van der Waals surface area contributed by atoms with Gasteiger partial charge in [0.05, 0.1) is 68.6 Å². The molecule has 20 heteroatoms. The number of rotatable bonds is 17. The predicted molar refractivity (Wildman–Crippen MR) is 197 cm³/mol. The lowest BCUT2D eigenvalue weighted by Crippen LogP contribution is -2.47. The molecule has 1 fully saturated rings. The normalized spacial score (nSPS) is 20.1. The van der Waals surface area contributed by atoms with Crippen LogP contribution in [0.25, 0.3) is 0 Å². The molecule has 1 aliphatic heterocycles. The Labute approximate surface area is 306 Å². The number of esters is 1. The Balaban J connectivity index is 2.41. The van der Waals surface area contributed by atoms with E-state index >= 15 is 0 Å². The van der Waals surface area contributed by atoms with Gasteiger partial charge < -0.3 is 23.6 Å². The van der Waals surface area contributed by atoms with Crippen molar-refractivity contribution in [1.29, 1.82) is 0 Å². The van der Waals surface area contributed by atoms with Crippen molar-refractivity contribution >= 4 is 39.7 Å². The third kappa shape index (κ3) is 17.2. The summed E-state index contributed by atoms with van der Waals surface area (Å²) < 4.78 is 103. The highest BCUT2D eigenvalue weighted by Gasteiger charge is 2.35. The van der Waals surface area contributed by atoms with E-state index in [4.69, 9.17) is 18.3 Å². The van der Waals surface area contributed by atoms with Crippen molar-refractivity contribution in [2.24, 2.45) is 0 Å². The van der Waals surface area contributed by atoms with Crippen molar-refractivity contribution in [3.63, 3.8) is 0 Å². The molecule has 3 atom stereocenters. The fraction of sp³-hybridized carbons (Fsp3) is 0.750. The van der Waals surface area contributed by atoms with E-state index < -0.39 is 51.4 Å². The maximum atomic E-state index is 14.0. The molecule has 2 rings (SSSR count). The van der Waals surface area contributed by atoms with Crippen LogP contribution in [0.1, 0.15) is 43.6 Å². The molecule has 0 bridgehead atoms. The summed E-state index contributed by atoms with van der Waals surface area (Å²) in [5.41, 5.74) is -1.99. The molecule has 1 aliphatic rings. The lowest BCUT2D eigenvalue weighted by atomic mass is 10.1. The van der Waals surface area contributed by atoms with E-state index in [-0.39, 0.29) is 63.9 Å². The van der Waals surface area contributed by atoms with Crippen LogP contribution < -0.4 is 5.32 Å². The number of amides is 1. The van der Waals surface area contributed by atoms with Crippen molar-refractivity contribution < 1.29 is 54.8 Å². The van der Waals surface area contributed by atoms with Gasteiger partial charge >= 0.3 is 12.1 Å². The molecule has 0 radical (unpaired) electrons. The first kappa shape index (κ1) is 46.5. The Morgan fingerprint density at radius 1 is 0.673 bits per heavy atom. The van der Waals surface area contributed by atoms with Crippen LogP contribution in [-0.4, -0.2) is 156 Å². The van der Waals surface area contributed by atoms with E-state index in [9.17, 15) is 36.5 Å². The van der Waals surface area contributed by atoms with Crippen LogP contribution in [0.5, 0.6) is 0 Å². The van der Waals surface area contributed by atoms with E-state index in [1.165, 1.54) is 6.92 Å². The van der Waals surface area contributed by atoms with Gasteiger partial charge in [-0.25, -0.2) is 4.79 Å². The summed E-state index contributed by atoms with van der Waals surface area (Å²) in [6.07, 6.45) is -4.46. The SMILES string of the molecule is CCOC(=O)c1ccc(NC(=O)CN2CCN(CP(C)(=O)OCC)CCN(CP(C)(=O)OCC)CCN(CP(C)(=O)OCC)CC2)c(C(F)(F)F)c1. The number of hydrogen-bond donors (Lipinski definition) is 1. The van der Waals surface area contributed by atoms with E-state index in [0.29, 0.717) is 51.9 Å². The first-order chi connectivity index (χ1) is 24.2. The van der Waals surface area contributed by atoms with Crippen molar-refractivity contribution in [2.45, 2.75) is 33.9 Å². The van der Waals surface area contributed by atoms with Crippen LogP contribution >= 0.6 is 22.1 Å². The third-order valence-corrected chi connectivity index (χ3v) is 13.1. The monoisotopic (exact) mass is 805 g/mol. The van der Waals surface area contributed by atoms with Crippen LogP contribution in [0.2, 0.25) is 0 Å². The smallest absolute Gasteiger partial charge is 0.418 e. The average Bonchev–Trinajstić information content (AvgIpc) is 3.01. The molecule has 0 spiro atoms. The molecule has 300 valence electrons. The minimum Gasteiger partial charge on any atom is -0.462 e. The zero-order chi connectivity index (χ0) is 39.2. The van der Waals surface area contributed by atoms with Gasteiger partial charge in [0.15, 0.2) is 0 Å². The van der Waals surface area contributed by atoms with Crippen LogP contribution in [0.15, 0.2) is 18.2 Å². The van der Waals surface area contributed by atoms with Gasteiger partial charge in [-0.2, -0.15) is 13.2 Å². The van der Waals surface area contributed by atoms with Gasteiger partial charge in [0.1, 0.15) is 0 Å². The molecule has 1 heterocycles. The van der Waals surface area contributed by atoms with E-state index in [1.54, 1.807) is 45.7 Å². The Morgan fingerprint density at radius 2 is 1.06 bits per heavy atom. The van der Waals surface area contributed by atoms with Gasteiger partial charge in [-0.3, -0.25) is 38.1 Å². The van der Waals surface area contributed by atoms with Gasteiger partial charge in [-0.05, 0) is 45.9 Å². The number of hydrogen-bond acceptors (Lipinski definition) is 13. The van der Waals surface area contributed by atoms with Crippen molar-refractivity contribution in [3.05, 3.63) is 29.3 Å². The highest BCUT2D eigenvalue weighted by atomic mass is 31.2. The first-order valence-corrected chi connectivity index (χ1v) is 24.2. The maximum absolute atomic E-state index is 14.0. The Bertz CT molecular complexity index is 1410. The van der Waals surface area contributed by atoms with Gasteiger partial charge in [-0.15, -0.1) is 0 Å². The molecule has 1 N–H and O–H groups in total. The minimum absolute atomic E-state index is 0.0147.